The van der Waals surface area contributed by atoms with Crippen LogP contribution in [0.3, 0.4) is 0 Å². The van der Waals surface area contributed by atoms with Gasteiger partial charge in [0.1, 0.15) is 12.6 Å². The van der Waals surface area contributed by atoms with Crippen molar-refractivity contribution in [3.05, 3.63) is 62.2 Å². The lowest BCUT2D eigenvalue weighted by Gasteiger charge is -2.43. The fraction of sp³-hybridized carbons (Fsp3) is 0.364. The van der Waals surface area contributed by atoms with Crippen molar-refractivity contribution in [2.45, 2.75) is 18.7 Å². The number of aliphatic imine (C=N–C) groups is 1. The number of nitrogens with one attached hydrogen (secondary N) is 1. The van der Waals surface area contributed by atoms with Gasteiger partial charge in [-0.05, 0) is 13.0 Å². The predicted octanol–water partition coefficient (Wildman–Crippen LogP) is 3.34. The SMILES string of the molecule is COC(=O)C1=C(CN2CCOC[C@]2(C)OC(=O)O)NC(c2nccs2)=N[C@H]1c1ccc(F)c(F)c1Cl. The number of carboxylic acid groups (broad SMARTS) is 1. The summed E-state index contributed by atoms with van der Waals surface area (Å²) in [5.41, 5.74) is -1.08. The summed E-state index contributed by atoms with van der Waals surface area (Å²) in [5.74, 6) is -2.97. The normalized spacial score (nSPS) is 22.6. The average molecular weight is 543 g/mol. The number of halogens is 3. The number of hydrogen-bond donors (Lipinski definition) is 2. The lowest BCUT2D eigenvalue weighted by molar-refractivity contribution is -0.183. The first-order chi connectivity index (χ1) is 17.1. The molecular weight excluding hydrogens is 522 g/mol. The Morgan fingerprint density at radius 1 is 1.42 bits per heavy atom. The molecule has 0 radical (unpaired) electrons. The zero-order valence-electron chi connectivity index (χ0n) is 19.1. The Hall–Kier alpha value is -3.13. The smallest absolute Gasteiger partial charge is 0.466 e. The summed E-state index contributed by atoms with van der Waals surface area (Å²) < 4.78 is 43.8. The van der Waals surface area contributed by atoms with Crippen LogP contribution in [-0.4, -0.2) is 72.1 Å². The highest BCUT2D eigenvalue weighted by atomic mass is 35.5. The van der Waals surface area contributed by atoms with Crippen LogP contribution in [0.1, 0.15) is 23.5 Å². The minimum absolute atomic E-state index is 0.0186. The first kappa shape index (κ1) is 25.9. The lowest BCUT2D eigenvalue weighted by atomic mass is 9.94. The molecule has 1 fully saturated rings. The molecule has 2 aliphatic rings. The molecule has 0 unspecified atom stereocenters. The maximum Gasteiger partial charge on any atom is 0.507 e. The van der Waals surface area contributed by atoms with E-state index in [2.05, 4.69) is 15.3 Å². The largest absolute Gasteiger partial charge is 0.507 e. The molecule has 2 N–H and O–H groups in total. The van der Waals surface area contributed by atoms with Crippen LogP contribution in [0, 0.1) is 11.6 Å². The number of hydrogen-bond acceptors (Lipinski definition) is 10. The summed E-state index contributed by atoms with van der Waals surface area (Å²) >= 11 is 7.42. The van der Waals surface area contributed by atoms with Gasteiger partial charge in [0.05, 0.1) is 24.3 Å². The van der Waals surface area contributed by atoms with Gasteiger partial charge in [0.2, 0.25) is 0 Å². The van der Waals surface area contributed by atoms with Crippen molar-refractivity contribution in [3.63, 3.8) is 0 Å². The van der Waals surface area contributed by atoms with Gasteiger partial charge >= 0.3 is 12.1 Å². The van der Waals surface area contributed by atoms with E-state index < -0.39 is 40.5 Å². The van der Waals surface area contributed by atoms with E-state index in [0.29, 0.717) is 5.01 Å². The maximum absolute atomic E-state index is 14.4. The van der Waals surface area contributed by atoms with Crippen LogP contribution in [0.15, 0.2) is 40.0 Å². The molecule has 0 spiro atoms. The van der Waals surface area contributed by atoms with E-state index in [4.69, 9.17) is 25.8 Å². The molecule has 192 valence electrons. The van der Waals surface area contributed by atoms with Crippen molar-refractivity contribution in [1.82, 2.24) is 15.2 Å². The van der Waals surface area contributed by atoms with Crippen LogP contribution in [0.4, 0.5) is 13.6 Å². The van der Waals surface area contributed by atoms with Gasteiger partial charge in [-0.1, -0.05) is 17.7 Å². The summed E-state index contributed by atoms with van der Waals surface area (Å²) in [4.78, 5) is 34.8. The Labute approximate surface area is 213 Å². The molecule has 0 amide bonds. The van der Waals surface area contributed by atoms with Gasteiger partial charge < -0.3 is 24.6 Å². The Morgan fingerprint density at radius 2 is 2.19 bits per heavy atom. The van der Waals surface area contributed by atoms with Crippen LogP contribution in [0.5, 0.6) is 0 Å². The number of methoxy groups -OCH3 is 1. The lowest BCUT2D eigenvalue weighted by Crippen LogP contribution is -2.58. The molecule has 3 heterocycles. The number of amidine groups is 1. The van der Waals surface area contributed by atoms with Gasteiger partial charge in [-0.2, -0.15) is 0 Å². The predicted molar refractivity (Wildman–Crippen MR) is 125 cm³/mol. The van der Waals surface area contributed by atoms with Crippen LogP contribution >= 0.6 is 22.9 Å². The van der Waals surface area contributed by atoms with Crippen LogP contribution in [0.25, 0.3) is 0 Å². The maximum atomic E-state index is 14.4. The second kappa shape index (κ2) is 10.5. The van der Waals surface area contributed by atoms with E-state index in [1.54, 1.807) is 23.4 Å². The third-order valence-corrected chi connectivity index (χ3v) is 6.89. The Kier molecular flexibility index (Phi) is 7.54. The Balaban J connectivity index is 1.85. The van der Waals surface area contributed by atoms with Gasteiger partial charge in [0.15, 0.2) is 28.2 Å². The van der Waals surface area contributed by atoms with Crippen molar-refractivity contribution in [3.8, 4) is 0 Å². The van der Waals surface area contributed by atoms with Crippen molar-refractivity contribution < 1.29 is 37.7 Å². The number of ether oxygens (including phenoxy) is 3. The van der Waals surface area contributed by atoms with Gasteiger partial charge in [-0.3, -0.25) is 9.89 Å². The van der Waals surface area contributed by atoms with Crippen molar-refractivity contribution >= 4 is 40.9 Å². The quantitative estimate of drug-likeness (QED) is 0.418. The monoisotopic (exact) mass is 542 g/mol. The highest BCUT2D eigenvalue weighted by Crippen LogP contribution is 2.38. The molecule has 2 atom stereocenters. The topological polar surface area (TPSA) is 123 Å². The summed E-state index contributed by atoms with van der Waals surface area (Å²) in [5, 5.41) is 14.0. The molecule has 0 bridgehead atoms. The van der Waals surface area contributed by atoms with Gasteiger partial charge in [0.25, 0.3) is 0 Å². The fourth-order valence-electron chi connectivity index (χ4n) is 3.98. The minimum Gasteiger partial charge on any atom is -0.466 e. The number of morpholine rings is 1. The summed E-state index contributed by atoms with van der Waals surface area (Å²) in [7, 11) is 1.17. The molecule has 0 saturated carbocycles. The standard InChI is InChI=1S/C22H21ClF2N4O6S/c1-22(35-21(31)32)10-34-7-6-29(22)9-13-14(20(30)33-2)17(11-3-4-12(24)16(25)15(11)23)28-18(27-13)19-26-5-8-36-19/h3-5,8,17H,6-7,9-10H2,1-2H3,(H,27,28)(H,31,32)/t17-,22-/m0/s1. The molecule has 2 aliphatic heterocycles. The van der Waals surface area contributed by atoms with Crippen LogP contribution in [-0.2, 0) is 19.0 Å². The first-order valence-corrected chi connectivity index (χ1v) is 11.8. The fourth-order valence-corrected chi connectivity index (χ4v) is 4.82. The van der Waals surface area contributed by atoms with Gasteiger partial charge in [-0.15, -0.1) is 11.3 Å². The summed E-state index contributed by atoms with van der Waals surface area (Å²) in [6, 6.07) is 0.959. The summed E-state index contributed by atoms with van der Waals surface area (Å²) in [6.45, 7) is 2.02. The number of thiazole rings is 1. The van der Waals surface area contributed by atoms with E-state index in [9.17, 15) is 23.5 Å². The third-order valence-electron chi connectivity index (χ3n) is 5.73. The van der Waals surface area contributed by atoms with E-state index in [-0.39, 0.29) is 49.0 Å². The molecular formula is C22H21ClF2N4O6S. The minimum atomic E-state index is -1.50. The number of aromatic nitrogens is 1. The van der Waals surface area contributed by atoms with E-state index in [1.165, 1.54) is 24.5 Å². The van der Waals surface area contributed by atoms with Crippen LogP contribution < -0.4 is 5.32 Å². The molecule has 14 heteroatoms. The van der Waals surface area contributed by atoms with E-state index in [1.807, 2.05) is 0 Å². The number of carbonyl (C=O) groups excluding carboxylic acids is 1. The number of nitrogens with zero attached hydrogens (tertiary/aromatic N) is 3. The number of esters is 1. The first-order valence-electron chi connectivity index (χ1n) is 10.6. The molecule has 1 saturated heterocycles. The van der Waals surface area contributed by atoms with Gasteiger partial charge in [-0.25, -0.2) is 23.4 Å². The molecule has 2 aromatic rings. The highest BCUT2D eigenvalue weighted by Gasteiger charge is 2.42. The zero-order chi connectivity index (χ0) is 26.0. The van der Waals surface area contributed by atoms with Crippen molar-refractivity contribution in [1.29, 1.82) is 0 Å². The van der Waals surface area contributed by atoms with Crippen LogP contribution in [0.2, 0.25) is 5.02 Å². The second-order valence-corrected chi connectivity index (χ2v) is 9.28. The molecule has 36 heavy (non-hydrogen) atoms. The zero-order valence-corrected chi connectivity index (χ0v) is 20.7. The molecule has 1 aromatic carbocycles. The van der Waals surface area contributed by atoms with Crippen molar-refractivity contribution in [2.75, 3.05) is 33.4 Å². The summed E-state index contributed by atoms with van der Waals surface area (Å²) in [6.07, 6.45) is 0.0613. The third kappa shape index (κ3) is 5.05. The van der Waals surface area contributed by atoms with Gasteiger partial charge in [0, 0.05) is 35.9 Å². The number of benzene rings is 1. The highest BCUT2D eigenvalue weighted by molar-refractivity contribution is 7.11. The van der Waals surface area contributed by atoms with E-state index >= 15 is 0 Å². The Bertz CT molecular complexity index is 1240. The average Bonchev–Trinajstić information content (AvgIpc) is 3.38. The molecule has 4 rings (SSSR count). The Morgan fingerprint density at radius 3 is 2.86 bits per heavy atom. The molecule has 1 aromatic heterocycles. The van der Waals surface area contributed by atoms with E-state index in [0.717, 1.165) is 6.07 Å². The number of rotatable bonds is 6. The molecule has 0 aliphatic carbocycles. The second-order valence-electron chi connectivity index (χ2n) is 8.01. The molecule has 10 nitrogen and oxygen atoms in total. The number of carbonyl (C=O) groups is 2. The van der Waals surface area contributed by atoms with Crippen molar-refractivity contribution in [2.24, 2.45) is 4.99 Å².